The van der Waals surface area contributed by atoms with E-state index in [1.807, 2.05) is 0 Å². The highest BCUT2D eigenvalue weighted by Gasteiger charge is 2.24. The van der Waals surface area contributed by atoms with Crippen LogP contribution >= 0.6 is 0 Å². The molecule has 0 unspecified atom stereocenters. The monoisotopic (exact) mass is 305 g/mol. The molecule has 1 aliphatic carbocycles. The van der Waals surface area contributed by atoms with Crippen LogP contribution < -0.4 is 5.32 Å². The van der Waals surface area contributed by atoms with Gasteiger partial charge in [0.2, 0.25) is 5.89 Å². The van der Waals surface area contributed by atoms with E-state index in [9.17, 15) is 4.79 Å². The van der Waals surface area contributed by atoms with Crippen molar-refractivity contribution in [3.63, 3.8) is 0 Å². The number of methoxy groups -OCH3 is 1. The average Bonchev–Trinajstić information content (AvgIpc) is 3.08. The lowest BCUT2D eigenvalue weighted by atomic mass is 9.95. The fourth-order valence-corrected chi connectivity index (χ4v) is 2.75. The molecule has 1 amide bonds. The molecule has 2 aromatic heterocycles. The molecule has 0 atom stereocenters. The molecule has 118 valence electrons. The van der Waals surface area contributed by atoms with Crippen molar-refractivity contribution in [1.29, 1.82) is 0 Å². The first kappa shape index (κ1) is 14.7. The van der Waals surface area contributed by atoms with Gasteiger partial charge in [0.05, 0.1) is 12.2 Å². The van der Waals surface area contributed by atoms with Crippen molar-refractivity contribution < 1.29 is 14.1 Å². The predicted molar refractivity (Wildman–Crippen MR) is 76.0 cm³/mol. The molecule has 8 heteroatoms. The van der Waals surface area contributed by atoms with E-state index in [-0.39, 0.29) is 19.1 Å². The first-order valence-corrected chi connectivity index (χ1v) is 7.32. The molecule has 0 aromatic carbocycles. The number of nitrogens with one attached hydrogen (secondary N) is 1. The Bertz CT molecular complexity index is 676. The highest BCUT2D eigenvalue weighted by molar-refractivity contribution is 5.94. The zero-order valence-electron chi connectivity index (χ0n) is 12.8. The topological polar surface area (TPSA) is 95.1 Å². The molecule has 2 heterocycles. The number of nitrogens with zero attached hydrogens (tertiary/aromatic N) is 4. The Labute approximate surface area is 127 Å². The Kier molecular flexibility index (Phi) is 4.19. The minimum absolute atomic E-state index is 0.162. The van der Waals surface area contributed by atoms with Gasteiger partial charge in [0, 0.05) is 19.7 Å². The minimum Gasteiger partial charge on any atom is -0.377 e. The molecule has 1 N–H and O–H groups in total. The number of hydrogen-bond acceptors (Lipinski definition) is 6. The summed E-state index contributed by atoms with van der Waals surface area (Å²) in [6.45, 7) is 0.474. The van der Waals surface area contributed by atoms with Gasteiger partial charge in [-0.25, -0.2) is 0 Å². The molecule has 0 spiro atoms. The van der Waals surface area contributed by atoms with E-state index >= 15 is 0 Å². The largest absolute Gasteiger partial charge is 0.377 e. The van der Waals surface area contributed by atoms with Crippen molar-refractivity contribution >= 4 is 5.91 Å². The van der Waals surface area contributed by atoms with Crippen molar-refractivity contribution in [2.75, 3.05) is 7.11 Å². The maximum Gasteiger partial charge on any atom is 0.270 e. The lowest BCUT2D eigenvalue weighted by molar-refractivity contribution is 0.0935. The van der Waals surface area contributed by atoms with Gasteiger partial charge in [-0.15, -0.1) is 0 Å². The molecule has 2 aromatic rings. The van der Waals surface area contributed by atoms with Gasteiger partial charge in [0.15, 0.2) is 5.82 Å². The summed E-state index contributed by atoms with van der Waals surface area (Å²) in [5.74, 6) is 0.658. The third-order valence-corrected chi connectivity index (χ3v) is 3.72. The summed E-state index contributed by atoms with van der Waals surface area (Å²) in [4.78, 5) is 16.5. The molecule has 0 radical (unpaired) electrons. The number of hydrogen-bond donors (Lipinski definition) is 1. The molecule has 0 saturated carbocycles. The minimum atomic E-state index is -0.162. The van der Waals surface area contributed by atoms with Crippen LogP contribution in [0.2, 0.25) is 0 Å². The molecule has 0 saturated heterocycles. The summed E-state index contributed by atoms with van der Waals surface area (Å²) >= 11 is 0. The molecular weight excluding hydrogens is 286 g/mol. The van der Waals surface area contributed by atoms with Crippen molar-refractivity contribution in [3.8, 4) is 0 Å². The summed E-state index contributed by atoms with van der Waals surface area (Å²) < 4.78 is 11.6. The normalized spacial score (nSPS) is 13.9. The molecular formula is C14H19N5O3. The molecule has 0 aliphatic heterocycles. The Morgan fingerprint density at radius 1 is 1.41 bits per heavy atom. The lowest BCUT2D eigenvalue weighted by Crippen LogP contribution is -2.26. The summed E-state index contributed by atoms with van der Waals surface area (Å²) in [7, 11) is 3.36. The van der Waals surface area contributed by atoms with E-state index in [1.54, 1.807) is 18.8 Å². The van der Waals surface area contributed by atoms with E-state index in [0.29, 0.717) is 17.4 Å². The molecule has 1 aliphatic rings. The summed E-state index contributed by atoms with van der Waals surface area (Å²) in [5, 5.41) is 11.0. The molecule has 3 rings (SSSR count). The van der Waals surface area contributed by atoms with Crippen LogP contribution in [0.3, 0.4) is 0 Å². The van der Waals surface area contributed by atoms with Gasteiger partial charge in [-0.3, -0.25) is 9.48 Å². The van der Waals surface area contributed by atoms with E-state index in [1.165, 1.54) is 0 Å². The quantitative estimate of drug-likeness (QED) is 0.876. The maximum atomic E-state index is 12.4. The third kappa shape index (κ3) is 2.87. The van der Waals surface area contributed by atoms with Gasteiger partial charge in [0.25, 0.3) is 5.91 Å². The number of aryl methyl sites for hydroxylation is 2. The number of fused-ring (bicyclic) bond motifs is 1. The van der Waals surface area contributed by atoms with Gasteiger partial charge >= 0.3 is 0 Å². The zero-order valence-corrected chi connectivity index (χ0v) is 12.8. The Morgan fingerprint density at radius 3 is 3.05 bits per heavy atom. The van der Waals surface area contributed by atoms with Crippen molar-refractivity contribution in [3.05, 3.63) is 28.7 Å². The highest BCUT2D eigenvalue weighted by atomic mass is 16.5. The van der Waals surface area contributed by atoms with Crippen LogP contribution in [0.4, 0.5) is 0 Å². The van der Waals surface area contributed by atoms with Crippen LogP contribution in [0.5, 0.6) is 0 Å². The first-order valence-electron chi connectivity index (χ1n) is 7.32. The molecule has 22 heavy (non-hydrogen) atoms. The Morgan fingerprint density at radius 2 is 2.23 bits per heavy atom. The summed E-state index contributed by atoms with van der Waals surface area (Å²) in [5.41, 5.74) is 2.74. The number of amides is 1. The Balaban J connectivity index is 1.68. The second-order valence-corrected chi connectivity index (χ2v) is 5.32. The lowest BCUT2D eigenvalue weighted by Gasteiger charge is -2.10. The smallest absolute Gasteiger partial charge is 0.270 e. The second kappa shape index (κ2) is 6.27. The number of rotatable bonds is 5. The van der Waals surface area contributed by atoms with Gasteiger partial charge < -0.3 is 14.6 Å². The van der Waals surface area contributed by atoms with Crippen LogP contribution in [-0.4, -0.2) is 32.9 Å². The molecule has 8 nitrogen and oxygen atoms in total. The van der Waals surface area contributed by atoms with Crippen LogP contribution in [0.15, 0.2) is 4.52 Å². The zero-order chi connectivity index (χ0) is 15.5. The molecule has 0 fully saturated rings. The average molecular weight is 305 g/mol. The van der Waals surface area contributed by atoms with Crippen LogP contribution in [0, 0.1) is 0 Å². The number of aromatic nitrogens is 4. The third-order valence-electron chi connectivity index (χ3n) is 3.72. The van der Waals surface area contributed by atoms with Gasteiger partial charge in [0.1, 0.15) is 12.3 Å². The molecule has 0 bridgehead atoms. The number of carbonyl (C=O) groups is 1. The first-order chi connectivity index (χ1) is 10.7. The van der Waals surface area contributed by atoms with Crippen molar-refractivity contribution in [2.24, 2.45) is 7.05 Å². The van der Waals surface area contributed by atoms with E-state index in [4.69, 9.17) is 9.26 Å². The standard InChI is InChI=1S/C14H19N5O3/c1-19-13(9-5-3-4-6-10(9)17-19)14(20)15-7-12-16-11(8-21-2)18-22-12/h3-8H2,1-2H3,(H,15,20). The maximum absolute atomic E-state index is 12.4. The summed E-state index contributed by atoms with van der Waals surface area (Å²) in [6.07, 6.45) is 4.09. The van der Waals surface area contributed by atoms with E-state index in [0.717, 1.165) is 36.9 Å². The van der Waals surface area contributed by atoms with E-state index in [2.05, 4.69) is 20.6 Å². The van der Waals surface area contributed by atoms with Crippen LogP contribution in [0.1, 0.15) is 46.3 Å². The number of ether oxygens (including phenoxy) is 1. The predicted octanol–water partition coefficient (Wildman–Crippen LogP) is 0.758. The fraction of sp³-hybridized carbons (Fsp3) is 0.571. The number of carbonyl (C=O) groups excluding carboxylic acids is 1. The van der Waals surface area contributed by atoms with Crippen LogP contribution in [0.25, 0.3) is 0 Å². The van der Waals surface area contributed by atoms with Gasteiger partial charge in [-0.1, -0.05) is 5.16 Å². The Hall–Kier alpha value is -2.22. The second-order valence-electron chi connectivity index (χ2n) is 5.32. The fourth-order valence-electron chi connectivity index (χ4n) is 2.75. The van der Waals surface area contributed by atoms with Gasteiger partial charge in [-0.2, -0.15) is 10.1 Å². The van der Waals surface area contributed by atoms with Crippen molar-refractivity contribution in [2.45, 2.75) is 38.8 Å². The SMILES string of the molecule is COCc1noc(CNC(=O)c2c3c(nn2C)CCCC3)n1. The van der Waals surface area contributed by atoms with Crippen molar-refractivity contribution in [1.82, 2.24) is 25.2 Å². The van der Waals surface area contributed by atoms with Gasteiger partial charge in [-0.05, 0) is 25.7 Å². The van der Waals surface area contributed by atoms with Crippen LogP contribution in [-0.2, 0) is 37.8 Å². The summed E-state index contributed by atoms with van der Waals surface area (Å²) in [6, 6.07) is 0. The highest BCUT2D eigenvalue weighted by Crippen LogP contribution is 2.23. The van der Waals surface area contributed by atoms with E-state index < -0.39 is 0 Å².